The third kappa shape index (κ3) is 4.12. The first kappa shape index (κ1) is 18.0. The Labute approximate surface area is 160 Å². The van der Waals surface area contributed by atoms with Crippen LogP contribution < -0.4 is 0 Å². The van der Waals surface area contributed by atoms with Crippen molar-refractivity contribution in [2.45, 2.75) is 44.1 Å². The van der Waals surface area contributed by atoms with Gasteiger partial charge in [-0.2, -0.15) is 0 Å². The largest absolute Gasteiger partial charge is 0.460 e. The second kappa shape index (κ2) is 8.10. The number of esters is 1. The second-order valence-electron chi connectivity index (χ2n) is 7.89. The zero-order valence-electron chi connectivity index (χ0n) is 15.3. The van der Waals surface area contributed by atoms with Crippen LogP contribution in [0.5, 0.6) is 0 Å². The summed E-state index contributed by atoms with van der Waals surface area (Å²) < 4.78 is 8.33. The van der Waals surface area contributed by atoms with Gasteiger partial charge in [0.2, 0.25) is 0 Å². The van der Waals surface area contributed by atoms with E-state index in [0.717, 1.165) is 51.1 Å². The van der Waals surface area contributed by atoms with E-state index in [-0.39, 0.29) is 18.0 Å². The summed E-state index contributed by atoms with van der Waals surface area (Å²) in [4.78, 5) is 15.5. The Morgan fingerprint density at radius 1 is 1.15 bits per heavy atom. The van der Waals surface area contributed by atoms with Gasteiger partial charge in [0.15, 0.2) is 12.1 Å². The molecule has 0 amide bonds. The van der Waals surface area contributed by atoms with Crippen molar-refractivity contribution in [2.75, 3.05) is 32.7 Å². The molecule has 1 aromatic carbocycles. The normalized spacial score (nSPS) is 29.3. The number of halogens is 1. The molecule has 1 aromatic rings. The number of hydrogen-bond donors (Lipinski definition) is 0. The van der Waals surface area contributed by atoms with E-state index in [1.54, 1.807) is 0 Å². The van der Waals surface area contributed by atoms with Crippen LogP contribution in [0.15, 0.2) is 24.3 Å². The lowest BCUT2D eigenvalue weighted by Crippen LogP contribution is -2.52. The van der Waals surface area contributed by atoms with Gasteiger partial charge in [0, 0.05) is 24.4 Å². The number of nitrogens with zero attached hydrogens (tertiary/aromatic N) is 2. The van der Waals surface area contributed by atoms with Crippen LogP contribution in [0, 0.1) is 5.92 Å². The SMILES string of the molecule is O=C(O[C@H]1CN2CCC1CC2)C(C=[N+]1CCCCC1)c1ccc(Cl)cc1. The highest BCUT2D eigenvalue weighted by molar-refractivity contribution is 6.30. The fourth-order valence-electron chi connectivity index (χ4n) is 4.50. The molecule has 4 fully saturated rings. The minimum atomic E-state index is -0.346. The summed E-state index contributed by atoms with van der Waals surface area (Å²) in [5.74, 6) is 0.0715. The first-order valence-electron chi connectivity index (χ1n) is 9.96. The average Bonchev–Trinajstić information content (AvgIpc) is 2.69. The molecule has 26 heavy (non-hydrogen) atoms. The van der Waals surface area contributed by atoms with Crippen molar-refractivity contribution >= 4 is 23.8 Å². The van der Waals surface area contributed by atoms with Crippen molar-refractivity contribution in [1.29, 1.82) is 0 Å². The van der Waals surface area contributed by atoms with Crippen LogP contribution in [0.1, 0.15) is 43.6 Å². The monoisotopic (exact) mass is 375 g/mol. The van der Waals surface area contributed by atoms with Gasteiger partial charge in [0.05, 0.1) is 0 Å². The van der Waals surface area contributed by atoms with Gasteiger partial charge in [0.25, 0.3) is 0 Å². The lowest BCUT2D eigenvalue weighted by molar-refractivity contribution is -0.534. The fraction of sp³-hybridized carbons (Fsp3) is 0.619. The van der Waals surface area contributed by atoms with E-state index >= 15 is 0 Å². The maximum Gasteiger partial charge on any atom is 0.323 e. The number of carbonyl (C=O) groups is 1. The van der Waals surface area contributed by atoms with Gasteiger partial charge in [-0.15, -0.1) is 0 Å². The minimum Gasteiger partial charge on any atom is -0.460 e. The maximum absolute atomic E-state index is 13.1. The summed E-state index contributed by atoms with van der Waals surface area (Å²) in [5, 5.41) is 0.691. The molecule has 4 aliphatic heterocycles. The molecule has 2 atom stereocenters. The molecular formula is C21H28ClN2O2+. The van der Waals surface area contributed by atoms with Gasteiger partial charge in [-0.3, -0.25) is 9.69 Å². The number of carbonyl (C=O) groups excluding carboxylic acids is 1. The van der Waals surface area contributed by atoms with Crippen molar-refractivity contribution in [2.24, 2.45) is 5.92 Å². The maximum atomic E-state index is 13.1. The first-order chi connectivity index (χ1) is 12.7. The van der Waals surface area contributed by atoms with Crippen LogP contribution in [-0.2, 0) is 9.53 Å². The minimum absolute atomic E-state index is 0.0505. The lowest BCUT2D eigenvalue weighted by atomic mass is 9.85. The van der Waals surface area contributed by atoms with E-state index in [4.69, 9.17) is 16.3 Å². The Bertz CT molecular complexity index is 657. The third-order valence-electron chi connectivity index (χ3n) is 6.10. The molecule has 140 valence electrons. The topological polar surface area (TPSA) is 32.5 Å². The lowest BCUT2D eigenvalue weighted by Gasteiger charge is -2.44. The summed E-state index contributed by atoms with van der Waals surface area (Å²) in [6.07, 6.45) is 8.11. The highest BCUT2D eigenvalue weighted by Gasteiger charge is 2.38. The number of hydrogen-bond acceptors (Lipinski definition) is 3. The zero-order valence-corrected chi connectivity index (χ0v) is 16.0. The molecule has 0 spiro atoms. The van der Waals surface area contributed by atoms with Crippen molar-refractivity contribution < 1.29 is 14.1 Å². The molecule has 0 N–H and O–H groups in total. The molecule has 4 nitrogen and oxygen atoms in total. The molecule has 0 radical (unpaired) electrons. The van der Waals surface area contributed by atoms with Crippen LogP contribution in [0.2, 0.25) is 5.02 Å². The Kier molecular flexibility index (Phi) is 5.60. The predicted molar refractivity (Wildman–Crippen MR) is 103 cm³/mol. The van der Waals surface area contributed by atoms with E-state index < -0.39 is 0 Å². The van der Waals surface area contributed by atoms with Crippen LogP contribution in [0.4, 0.5) is 0 Å². The van der Waals surface area contributed by atoms with Crippen molar-refractivity contribution in [3.05, 3.63) is 34.9 Å². The average molecular weight is 376 g/mol. The smallest absolute Gasteiger partial charge is 0.323 e. The zero-order chi connectivity index (χ0) is 17.9. The summed E-state index contributed by atoms with van der Waals surface area (Å²) in [6, 6.07) is 7.61. The van der Waals surface area contributed by atoms with Gasteiger partial charge < -0.3 is 4.74 Å². The summed E-state index contributed by atoms with van der Waals surface area (Å²) in [6.45, 7) is 5.25. The molecular weight excluding hydrogens is 348 g/mol. The van der Waals surface area contributed by atoms with Gasteiger partial charge in [-0.25, -0.2) is 4.58 Å². The predicted octanol–water partition coefficient (Wildman–Crippen LogP) is 3.33. The second-order valence-corrected chi connectivity index (χ2v) is 8.32. The molecule has 4 saturated heterocycles. The van der Waals surface area contributed by atoms with Gasteiger partial charge in [0.1, 0.15) is 19.2 Å². The van der Waals surface area contributed by atoms with E-state index in [2.05, 4.69) is 15.7 Å². The summed E-state index contributed by atoms with van der Waals surface area (Å²) in [7, 11) is 0. The van der Waals surface area contributed by atoms with Crippen LogP contribution in [0.3, 0.4) is 0 Å². The number of benzene rings is 1. The van der Waals surface area contributed by atoms with E-state index in [1.807, 2.05) is 24.3 Å². The number of piperidine rings is 4. The molecule has 0 saturated carbocycles. The summed E-state index contributed by atoms with van der Waals surface area (Å²) in [5.41, 5.74) is 0.964. The molecule has 2 bridgehead atoms. The quantitative estimate of drug-likeness (QED) is 0.597. The number of fused-ring (bicyclic) bond motifs is 3. The molecule has 0 aliphatic carbocycles. The van der Waals surface area contributed by atoms with Gasteiger partial charge in [-0.05, 0) is 56.0 Å². The van der Waals surface area contributed by atoms with Crippen molar-refractivity contribution in [3.8, 4) is 0 Å². The Morgan fingerprint density at radius 3 is 2.46 bits per heavy atom. The van der Waals surface area contributed by atoms with E-state index in [9.17, 15) is 4.79 Å². The molecule has 0 aromatic heterocycles. The standard InChI is InChI=1S/C21H28ClN2O2/c22-18-6-4-16(5-7-18)19(14-23-10-2-1-3-11-23)21(25)26-20-15-24-12-8-17(20)9-13-24/h4-7,14,17,19-20H,1-3,8-13,15H2/q+1/t19?,20-/m0/s1. The van der Waals surface area contributed by atoms with Crippen molar-refractivity contribution in [1.82, 2.24) is 4.90 Å². The van der Waals surface area contributed by atoms with Crippen LogP contribution in [-0.4, -0.2) is 60.5 Å². The first-order valence-corrected chi connectivity index (χ1v) is 10.3. The summed E-state index contributed by atoms with van der Waals surface area (Å²) >= 11 is 6.04. The van der Waals surface area contributed by atoms with Gasteiger partial charge >= 0.3 is 5.97 Å². The van der Waals surface area contributed by atoms with Crippen LogP contribution >= 0.6 is 11.6 Å². The highest BCUT2D eigenvalue weighted by Crippen LogP contribution is 2.31. The van der Waals surface area contributed by atoms with Crippen LogP contribution in [0.25, 0.3) is 0 Å². The van der Waals surface area contributed by atoms with E-state index in [0.29, 0.717) is 10.9 Å². The Morgan fingerprint density at radius 2 is 1.85 bits per heavy atom. The number of ether oxygens (including phenoxy) is 1. The van der Waals surface area contributed by atoms with E-state index in [1.165, 1.54) is 19.3 Å². The Hall–Kier alpha value is -1.39. The molecule has 1 unspecified atom stereocenters. The third-order valence-corrected chi connectivity index (χ3v) is 6.35. The number of rotatable bonds is 4. The molecule has 5 rings (SSSR count). The molecule has 4 aliphatic rings. The molecule has 5 heteroatoms. The van der Waals surface area contributed by atoms with Gasteiger partial charge in [-0.1, -0.05) is 23.7 Å². The Balaban J connectivity index is 1.53. The molecule has 4 heterocycles. The van der Waals surface area contributed by atoms with Crippen molar-refractivity contribution in [3.63, 3.8) is 0 Å². The highest BCUT2D eigenvalue weighted by atomic mass is 35.5. The fourth-order valence-corrected chi connectivity index (χ4v) is 4.62.